The van der Waals surface area contributed by atoms with Gasteiger partial charge in [-0.25, -0.2) is 4.98 Å². The predicted octanol–water partition coefficient (Wildman–Crippen LogP) is 4.31. The van der Waals surface area contributed by atoms with Crippen LogP contribution in [0.1, 0.15) is 44.9 Å². The number of anilines is 1. The molecule has 0 unspecified atom stereocenters. The van der Waals surface area contributed by atoms with Crippen molar-refractivity contribution >= 4 is 34.2 Å². The number of hydrogen-bond donors (Lipinski definition) is 1. The molecular weight excluding hydrogens is 386 g/mol. The van der Waals surface area contributed by atoms with Crippen LogP contribution in [0.15, 0.2) is 53.9 Å². The summed E-state index contributed by atoms with van der Waals surface area (Å²) in [6, 6.07) is 14.3. The minimum atomic E-state index is -0.371. The van der Waals surface area contributed by atoms with E-state index in [1.54, 1.807) is 12.1 Å². The van der Waals surface area contributed by atoms with E-state index in [1.807, 2.05) is 49.6 Å². The molecule has 6 nitrogen and oxygen atoms in total. The van der Waals surface area contributed by atoms with Gasteiger partial charge in [0.2, 0.25) is 0 Å². The van der Waals surface area contributed by atoms with E-state index in [4.69, 9.17) is 0 Å². The molecule has 0 spiro atoms. The second-order valence-electron chi connectivity index (χ2n) is 7.23. The number of carbonyl (C=O) groups excluding carboxylic acids is 3. The van der Waals surface area contributed by atoms with Gasteiger partial charge in [-0.3, -0.25) is 24.6 Å². The van der Waals surface area contributed by atoms with E-state index in [0.29, 0.717) is 22.8 Å². The van der Waals surface area contributed by atoms with Gasteiger partial charge in [0.25, 0.3) is 17.7 Å². The molecule has 7 heteroatoms. The van der Waals surface area contributed by atoms with E-state index in [9.17, 15) is 14.4 Å². The number of amides is 3. The van der Waals surface area contributed by atoms with Gasteiger partial charge < -0.3 is 0 Å². The summed E-state index contributed by atoms with van der Waals surface area (Å²) < 4.78 is 0. The fourth-order valence-corrected chi connectivity index (χ4v) is 3.92. The van der Waals surface area contributed by atoms with Crippen LogP contribution in [0.4, 0.5) is 5.13 Å². The van der Waals surface area contributed by atoms with Crippen molar-refractivity contribution < 1.29 is 14.4 Å². The van der Waals surface area contributed by atoms with Gasteiger partial charge in [0, 0.05) is 23.1 Å². The first-order chi connectivity index (χ1) is 13.9. The Balaban J connectivity index is 1.53. The van der Waals surface area contributed by atoms with Crippen molar-refractivity contribution in [1.29, 1.82) is 0 Å². The quantitative estimate of drug-likeness (QED) is 0.642. The summed E-state index contributed by atoms with van der Waals surface area (Å²) in [6.45, 7) is 4.25. The van der Waals surface area contributed by atoms with Gasteiger partial charge in [-0.15, -0.1) is 11.3 Å². The molecule has 2 heterocycles. The molecule has 29 heavy (non-hydrogen) atoms. The van der Waals surface area contributed by atoms with E-state index in [0.717, 1.165) is 11.3 Å². The molecule has 2 aromatic carbocycles. The standard InChI is InChI=1S/C22H19N3O3S/c1-13(2)11-25-20(27)16-9-8-15(10-17(16)21(25)28)19(26)24-22-23-18(12-29-22)14-6-4-3-5-7-14/h3-10,12-13H,11H2,1-2H3,(H,23,24,26). The molecule has 0 radical (unpaired) electrons. The lowest BCUT2D eigenvalue weighted by Gasteiger charge is -2.15. The lowest BCUT2D eigenvalue weighted by atomic mass is 10.1. The number of imide groups is 1. The minimum absolute atomic E-state index is 0.170. The maximum absolute atomic E-state index is 12.7. The van der Waals surface area contributed by atoms with Gasteiger partial charge in [-0.2, -0.15) is 0 Å². The zero-order valence-electron chi connectivity index (χ0n) is 16.0. The maximum Gasteiger partial charge on any atom is 0.261 e. The first-order valence-corrected chi connectivity index (χ1v) is 10.1. The zero-order chi connectivity index (χ0) is 20.5. The Kier molecular flexibility index (Phi) is 4.98. The van der Waals surface area contributed by atoms with Crippen molar-refractivity contribution in [3.8, 4) is 11.3 Å². The molecule has 3 amide bonds. The van der Waals surface area contributed by atoms with Gasteiger partial charge in [0.1, 0.15) is 0 Å². The van der Waals surface area contributed by atoms with Crippen molar-refractivity contribution in [3.63, 3.8) is 0 Å². The topological polar surface area (TPSA) is 79.4 Å². The van der Waals surface area contributed by atoms with Crippen molar-refractivity contribution in [2.75, 3.05) is 11.9 Å². The summed E-state index contributed by atoms with van der Waals surface area (Å²) in [5.74, 6) is -0.861. The molecule has 1 aromatic heterocycles. The van der Waals surface area contributed by atoms with E-state index in [1.165, 1.54) is 22.3 Å². The summed E-state index contributed by atoms with van der Waals surface area (Å²) in [7, 11) is 0. The summed E-state index contributed by atoms with van der Waals surface area (Å²) in [5.41, 5.74) is 2.68. The third-order valence-corrected chi connectivity index (χ3v) is 5.33. The van der Waals surface area contributed by atoms with E-state index in [2.05, 4.69) is 10.3 Å². The molecule has 0 bridgehead atoms. The van der Waals surface area contributed by atoms with Gasteiger partial charge in [0.05, 0.1) is 16.8 Å². The van der Waals surface area contributed by atoms with Gasteiger partial charge in [0.15, 0.2) is 5.13 Å². The highest BCUT2D eigenvalue weighted by atomic mass is 32.1. The molecule has 0 aliphatic carbocycles. The Morgan fingerprint density at radius 2 is 1.79 bits per heavy atom. The summed E-state index contributed by atoms with van der Waals surface area (Å²) in [6.07, 6.45) is 0. The summed E-state index contributed by atoms with van der Waals surface area (Å²) in [4.78, 5) is 43.4. The minimum Gasteiger partial charge on any atom is -0.298 e. The molecule has 1 aliphatic rings. The van der Waals surface area contributed by atoms with Crippen LogP contribution in [0.5, 0.6) is 0 Å². The van der Waals surface area contributed by atoms with Crippen LogP contribution in [0.3, 0.4) is 0 Å². The lowest BCUT2D eigenvalue weighted by Crippen LogP contribution is -2.33. The van der Waals surface area contributed by atoms with Gasteiger partial charge >= 0.3 is 0 Å². The molecule has 0 fully saturated rings. The zero-order valence-corrected chi connectivity index (χ0v) is 16.8. The van der Waals surface area contributed by atoms with Crippen molar-refractivity contribution in [2.24, 2.45) is 5.92 Å². The van der Waals surface area contributed by atoms with Crippen molar-refractivity contribution in [3.05, 3.63) is 70.6 Å². The smallest absolute Gasteiger partial charge is 0.261 e. The highest BCUT2D eigenvalue weighted by Gasteiger charge is 2.36. The average Bonchev–Trinajstić information content (AvgIpc) is 3.27. The van der Waals surface area contributed by atoms with Crippen LogP contribution >= 0.6 is 11.3 Å². The lowest BCUT2D eigenvalue weighted by molar-refractivity contribution is 0.0636. The fraction of sp³-hybridized carbons (Fsp3) is 0.182. The van der Waals surface area contributed by atoms with E-state index < -0.39 is 0 Å². The number of hydrogen-bond acceptors (Lipinski definition) is 5. The summed E-state index contributed by atoms with van der Waals surface area (Å²) >= 11 is 1.33. The molecule has 0 saturated carbocycles. The molecule has 4 rings (SSSR count). The normalized spacial score (nSPS) is 13.1. The molecular formula is C22H19N3O3S. The number of nitrogens with zero attached hydrogens (tertiary/aromatic N) is 2. The molecule has 1 aliphatic heterocycles. The number of aromatic nitrogens is 1. The van der Waals surface area contributed by atoms with Crippen LogP contribution in [0.25, 0.3) is 11.3 Å². The van der Waals surface area contributed by atoms with Crippen LogP contribution in [-0.4, -0.2) is 34.2 Å². The van der Waals surface area contributed by atoms with Crippen LogP contribution < -0.4 is 5.32 Å². The monoisotopic (exact) mass is 405 g/mol. The number of rotatable bonds is 5. The molecule has 3 aromatic rings. The van der Waals surface area contributed by atoms with Crippen molar-refractivity contribution in [2.45, 2.75) is 13.8 Å². The number of thiazole rings is 1. The van der Waals surface area contributed by atoms with E-state index in [-0.39, 0.29) is 29.2 Å². The third kappa shape index (κ3) is 3.69. The van der Waals surface area contributed by atoms with Gasteiger partial charge in [-0.05, 0) is 24.1 Å². The maximum atomic E-state index is 12.7. The Bertz CT molecular complexity index is 1110. The van der Waals surface area contributed by atoms with Crippen LogP contribution in [-0.2, 0) is 0 Å². The fourth-order valence-electron chi connectivity index (χ4n) is 3.20. The summed E-state index contributed by atoms with van der Waals surface area (Å²) in [5, 5.41) is 5.11. The Morgan fingerprint density at radius 1 is 1.07 bits per heavy atom. The Hall–Kier alpha value is -3.32. The van der Waals surface area contributed by atoms with Crippen molar-refractivity contribution in [1.82, 2.24) is 9.88 Å². The van der Waals surface area contributed by atoms with Crippen LogP contribution in [0.2, 0.25) is 0 Å². The first kappa shape index (κ1) is 19.0. The number of benzene rings is 2. The number of carbonyl (C=O) groups is 3. The molecule has 0 saturated heterocycles. The molecule has 0 atom stereocenters. The second kappa shape index (κ2) is 7.60. The highest BCUT2D eigenvalue weighted by Crippen LogP contribution is 2.27. The number of nitrogens with one attached hydrogen (secondary N) is 1. The van der Waals surface area contributed by atoms with E-state index >= 15 is 0 Å². The predicted molar refractivity (Wildman–Crippen MR) is 112 cm³/mol. The number of fused-ring (bicyclic) bond motifs is 1. The third-order valence-electron chi connectivity index (χ3n) is 4.57. The van der Waals surface area contributed by atoms with Gasteiger partial charge in [-0.1, -0.05) is 44.2 Å². The SMILES string of the molecule is CC(C)CN1C(=O)c2ccc(C(=O)Nc3nc(-c4ccccc4)cs3)cc2C1=O. The Morgan fingerprint density at radius 3 is 2.52 bits per heavy atom. The largest absolute Gasteiger partial charge is 0.298 e. The molecule has 146 valence electrons. The Labute approximate surface area is 172 Å². The molecule has 1 N–H and O–H groups in total. The average molecular weight is 405 g/mol. The highest BCUT2D eigenvalue weighted by molar-refractivity contribution is 7.14. The second-order valence-corrected chi connectivity index (χ2v) is 8.09. The first-order valence-electron chi connectivity index (χ1n) is 9.26. The van der Waals surface area contributed by atoms with Crippen LogP contribution in [0, 0.1) is 5.92 Å².